The average Bonchev–Trinajstić information content (AvgIpc) is 2.03. The van der Waals surface area contributed by atoms with E-state index in [0.29, 0.717) is 9.45 Å². The summed E-state index contributed by atoms with van der Waals surface area (Å²) < 4.78 is 30.3. The number of methoxy groups -OCH3 is 1. The predicted octanol–water partition coefficient (Wildman–Crippen LogP) is 3.39. The summed E-state index contributed by atoms with van der Waals surface area (Å²) in [6, 6.07) is 1.28. The van der Waals surface area contributed by atoms with Gasteiger partial charge in [-0.3, -0.25) is 0 Å². The Morgan fingerprint density at radius 1 is 1.62 bits per heavy atom. The Kier molecular flexibility index (Phi) is 3.84. The molecule has 0 N–H and O–H groups in total. The van der Waals surface area contributed by atoms with Crippen molar-refractivity contribution in [3.05, 3.63) is 19.9 Å². The number of rotatable bonds is 2. The van der Waals surface area contributed by atoms with Crippen LogP contribution >= 0.6 is 38.5 Å². The first-order valence-electron chi connectivity index (χ1n) is 3.24. The SMILES string of the molecule is COc1cc(C(F)F)c(Br)nc1I. The van der Waals surface area contributed by atoms with Crippen molar-refractivity contribution >= 4 is 38.5 Å². The summed E-state index contributed by atoms with van der Waals surface area (Å²) in [6.07, 6.45) is -2.55. The smallest absolute Gasteiger partial charge is 0.266 e. The van der Waals surface area contributed by atoms with Crippen LogP contribution in [0.4, 0.5) is 8.78 Å². The molecular weight excluding hydrogens is 359 g/mol. The van der Waals surface area contributed by atoms with E-state index in [0.717, 1.165) is 0 Å². The molecule has 0 spiro atoms. The van der Waals surface area contributed by atoms with Gasteiger partial charge in [-0.25, -0.2) is 13.8 Å². The molecule has 0 amide bonds. The van der Waals surface area contributed by atoms with Crippen LogP contribution in [0.2, 0.25) is 0 Å². The molecule has 1 heterocycles. The van der Waals surface area contributed by atoms with Crippen LogP contribution in [-0.2, 0) is 0 Å². The predicted molar refractivity (Wildman–Crippen MR) is 56.2 cm³/mol. The molecule has 1 aromatic heterocycles. The van der Waals surface area contributed by atoms with Crippen molar-refractivity contribution in [3.63, 3.8) is 0 Å². The summed E-state index contributed by atoms with van der Waals surface area (Å²) in [6.45, 7) is 0. The number of ether oxygens (including phenoxy) is 1. The summed E-state index contributed by atoms with van der Waals surface area (Å²) in [5.41, 5.74) is -0.155. The van der Waals surface area contributed by atoms with Gasteiger partial charge in [0.1, 0.15) is 8.30 Å². The Labute approximate surface area is 96.0 Å². The number of pyridine rings is 1. The highest BCUT2D eigenvalue weighted by Gasteiger charge is 2.16. The molecule has 0 aliphatic carbocycles. The van der Waals surface area contributed by atoms with Crippen molar-refractivity contribution < 1.29 is 13.5 Å². The van der Waals surface area contributed by atoms with Gasteiger partial charge in [0.05, 0.1) is 12.7 Å². The molecule has 0 unspecified atom stereocenters. The van der Waals surface area contributed by atoms with E-state index in [9.17, 15) is 8.78 Å². The Bertz CT molecular complexity index is 322. The third kappa shape index (κ3) is 2.49. The zero-order valence-electron chi connectivity index (χ0n) is 6.52. The van der Waals surface area contributed by atoms with Crippen molar-refractivity contribution in [1.29, 1.82) is 0 Å². The third-order valence-electron chi connectivity index (χ3n) is 1.38. The van der Waals surface area contributed by atoms with Crippen LogP contribution in [0, 0.1) is 3.70 Å². The molecule has 1 aromatic rings. The number of alkyl halides is 2. The first kappa shape index (κ1) is 11.1. The fraction of sp³-hybridized carbons (Fsp3) is 0.286. The van der Waals surface area contributed by atoms with E-state index in [-0.39, 0.29) is 10.2 Å². The van der Waals surface area contributed by atoms with Gasteiger partial charge in [-0.15, -0.1) is 0 Å². The Morgan fingerprint density at radius 3 is 2.69 bits per heavy atom. The van der Waals surface area contributed by atoms with Crippen molar-refractivity contribution in [2.75, 3.05) is 7.11 Å². The molecule has 0 aromatic carbocycles. The summed E-state index contributed by atoms with van der Waals surface area (Å²) in [5.74, 6) is 0.360. The highest BCUT2D eigenvalue weighted by molar-refractivity contribution is 14.1. The van der Waals surface area contributed by atoms with Gasteiger partial charge in [0.15, 0.2) is 5.75 Å². The van der Waals surface area contributed by atoms with Crippen LogP contribution in [0.1, 0.15) is 12.0 Å². The van der Waals surface area contributed by atoms with Crippen molar-refractivity contribution in [2.24, 2.45) is 0 Å². The van der Waals surface area contributed by atoms with E-state index < -0.39 is 6.43 Å². The van der Waals surface area contributed by atoms with E-state index in [4.69, 9.17) is 4.74 Å². The minimum absolute atomic E-state index is 0.155. The Morgan fingerprint density at radius 2 is 2.23 bits per heavy atom. The second-order valence-electron chi connectivity index (χ2n) is 2.16. The first-order valence-corrected chi connectivity index (χ1v) is 5.11. The van der Waals surface area contributed by atoms with Crippen molar-refractivity contribution in [1.82, 2.24) is 4.98 Å². The molecule has 0 fully saturated rings. The number of hydrogen-bond acceptors (Lipinski definition) is 2. The zero-order chi connectivity index (χ0) is 10.0. The van der Waals surface area contributed by atoms with Gasteiger partial charge in [-0.1, -0.05) is 0 Å². The van der Waals surface area contributed by atoms with Gasteiger partial charge in [0.25, 0.3) is 6.43 Å². The van der Waals surface area contributed by atoms with E-state index in [1.165, 1.54) is 13.2 Å². The fourth-order valence-corrected chi connectivity index (χ4v) is 2.18. The average molecular weight is 364 g/mol. The molecule has 0 aliphatic heterocycles. The van der Waals surface area contributed by atoms with E-state index in [2.05, 4.69) is 20.9 Å². The zero-order valence-corrected chi connectivity index (χ0v) is 10.3. The van der Waals surface area contributed by atoms with Crippen LogP contribution in [-0.4, -0.2) is 12.1 Å². The van der Waals surface area contributed by atoms with Crippen molar-refractivity contribution in [2.45, 2.75) is 6.43 Å². The maximum absolute atomic E-state index is 12.3. The molecular formula is C7H5BrF2INO. The van der Waals surface area contributed by atoms with Gasteiger partial charge in [0.2, 0.25) is 0 Å². The number of halogens is 4. The lowest BCUT2D eigenvalue weighted by Gasteiger charge is -2.07. The number of hydrogen-bond donors (Lipinski definition) is 0. The molecule has 0 saturated heterocycles. The molecule has 13 heavy (non-hydrogen) atoms. The van der Waals surface area contributed by atoms with Crippen LogP contribution < -0.4 is 4.74 Å². The molecule has 0 bridgehead atoms. The van der Waals surface area contributed by atoms with E-state index >= 15 is 0 Å². The van der Waals surface area contributed by atoms with Crippen molar-refractivity contribution in [3.8, 4) is 5.75 Å². The molecule has 2 nitrogen and oxygen atoms in total. The maximum Gasteiger partial charge on any atom is 0.266 e. The number of nitrogens with zero attached hydrogens (tertiary/aromatic N) is 1. The highest BCUT2D eigenvalue weighted by Crippen LogP contribution is 2.31. The van der Waals surface area contributed by atoms with Crippen LogP contribution in [0.3, 0.4) is 0 Å². The molecule has 0 radical (unpaired) electrons. The largest absolute Gasteiger partial charge is 0.494 e. The topological polar surface area (TPSA) is 22.1 Å². The second-order valence-corrected chi connectivity index (χ2v) is 3.94. The molecule has 0 saturated carbocycles. The summed E-state index contributed by atoms with van der Waals surface area (Å²) in [4.78, 5) is 3.86. The van der Waals surface area contributed by atoms with Gasteiger partial charge < -0.3 is 4.74 Å². The van der Waals surface area contributed by atoms with E-state index in [1.54, 1.807) is 0 Å². The first-order chi connectivity index (χ1) is 6.06. The lowest BCUT2D eigenvalue weighted by atomic mass is 10.3. The molecule has 0 aliphatic rings. The minimum atomic E-state index is -2.55. The van der Waals surface area contributed by atoms with Gasteiger partial charge >= 0.3 is 0 Å². The lowest BCUT2D eigenvalue weighted by Crippen LogP contribution is -1.96. The fourth-order valence-electron chi connectivity index (χ4n) is 0.762. The summed E-state index contributed by atoms with van der Waals surface area (Å²) >= 11 is 4.87. The maximum atomic E-state index is 12.3. The van der Waals surface area contributed by atoms with Gasteiger partial charge in [-0.05, 0) is 44.6 Å². The molecule has 1 rings (SSSR count). The van der Waals surface area contributed by atoms with Gasteiger partial charge in [0, 0.05) is 0 Å². The minimum Gasteiger partial charge on any atom is -0.494 e. The van der Waals surface area contributed by atoms with E-state index in [1.807, 2.05) is 22.6 Å². The Balaban J connectivity index is 3.22. The molecule has 6 heteroatoms. The summed E-state index contributed by atoms with van der Waals surface area (Å²) in [5, 5.41) is 0. The second kappa shape index (κ2) is 4.50. The van der Waals surface area contributed by atoms with Crippen LogP contribution in [0.15, 0.2) is 10.7 Å². The normalized spacial score (nSPS) is 10.6. The van der Waals surface area contributed by atoms with Gasteiger partial charge in [-0.2, -0.15) is 0 Å². The van der Waals surface area contributed by atoms with Crippen LogP contribution in [0.25, 0.3) is 0 Å². The lowest BCUT2D eigenvalue weighted by molar-refractivity contribution is 0.149. The monoisotopic (exact) mass is 363 g/mol. The summed E-state index contributed by atoms with van der Waals surface area (Å²) in [7, 11) is 1.42. The molecule has 72 valence electrons. The quantitative estimate of drug-likeness (QED) is 0.593. The Hall–Kier alpha value is 0.0200. The third-order valence-corrected chi connectivity index (χ3v) is 2.79. The number of aromatic nitrogens is 1. The highest BCUT2D eigenvalue weighted by atomic mass is 127. The van der Waals surface area contributed by atoms with Crippen LogP contribution in [0.5, 0.6) is 5.75 Å². The molecule has 0 atom stereocenters. The standard InChI is InChI=1S/C7H5BrF2INO/c1-13-4-2-3(6(9)10)5(8)12-7(4)11/h2,6H,1H3.